The van der Waals surface area contributed by atoms with Crippen molar-refractivity contribution in [3.8, 4) is 5.75 Å². The molecule has 0 bridgehead atoms. The van der Waals surface area contributed by atoms with E-state index in [1.165, 1.54) is 5.56 Å². The van der Waals surface area contributed by atoms with E-state index >= 15 is 0 Å². The largest absolute Gasteiger partial charge is 0.484 e. The fourth-order valence-corrected chi connectivity index (χ4v) is 6.06. The summed E-state index contributed by atoms with van der Waals surface area (Å²) in [5, 5.41) is 3.64. The van der Waals surface area contributed by atoms with E-state index in [0.717, 1.165) is 28.0 Å². The Labute approximate surface area is 246 Å². The topological polar surface area (TPSA) is 74.5 Å². The molecule has 0 radical (unpaired) electrons. The van der Waals surface area contributed by atoms with E-state index in [-0.39, 0.29) is 24.3 Å². The van der Waals surface area contributed by atoms with E-state index in [4.69, 9.17) is 21.1 Å². The number of fused-ring (bicyclic) bond motifs is 1. The van der Waals surface area contributed by atoms with Gasteiger partial charge in [0.05, 0.1) is 23.7 Å². The van der Waals surface area contributed by atoms with Crippen molar-refractivity contribution in [3.63, 3.8) is 0 Å². The molecule has 5 rings (SSSR count). The maximum atomic E-state index is 12.8. The lowest BCUT2D eigenvalue weighted by atomic mass is 9.76. The number of aromatic nitrogens is 2. The second kappa shape index (κ2) is 12.5. The Morgan fingerprint density at radius 1 is 1.00 bits per heavy atom. The van der Waals surface area contributed by atoms with Crippen LogP contribution in [-0.4, -0.2) is 28.3 Å². The number of imidazole rings is 1. The molecule has 4 aromatic rings. The van der Waals surface area contributed by atoms with Crippen molar-refractivity contribution in [2.75, 3.05) is 18.5 Å². The first-order valence-electron chi connectivity index (χ1n) is 14.4. The lowest BCUT2D eigenvalue weighted by Gasteiger charge is -2.39. The van der Waals surface area contributed by atoms with Gasteiger partial charge in [0.1, 0.15) is 5.75 Å². The Bertz CT molecular complexity index is 1570. The molecular formula is C33H38ClN3O4. The Morgan fingerprint density at radius 2 is 1.73 bits per heavy atom. The van der Waals surface area contributed by atoms with E-state index in [2.05, 4.69) is 37.4 Å². The van der Waals surface area contributed by atoms with Crippen molar-refractivity contribution in [1.82, 2.24) is 9.13 Å². The molecule has 1 fully saturated rings. The van der Waals surface area contributed by atoms with Crippen LogP contribution in [0.3, 0.4) is 0 Å². The number of nitrogens with zero attached hydrogens (tertiary/aromatic N) is 2. The quantitative estimate of drug-likeness (QED) is 0.232. The first-order valence-corrected chi connectivity index (χ1v) is 14.8. The summed E-state index contributed by atoms with van der Waals surface area (Å²) in [4.78, 5) is 25.4. The molecule has 7 nitrogen and oxygen atoms in total. The number of halogens is 1. The van der Waals surface area contributed by atoms with E-state index < -0.39 is 0 Å². The molecule has 0 spiro atoms. The third-order valence-electron chi connectivity index (χ3n) is 8.11. The zero-order valence-electron chi connectivity index (χ0n) is 24.1. The van der Waals surface area contributed by atoms with Crippen LogP contribution in [-0.2, 0) is 22.6 Å². The number of ether oxygens (including phenoxy) is 2. The number of hydrogen-bond donors (Lipinski definition) is 1. The monoisotopic (exact) mass is 575 g/mol. The third-order valence-corrected chi connectivity index (χ3v) is 8.36. The van der Waals surface area contributed by atoms with Crippen LogP contribution in [0.4, 0.5) is 5.69 Å². The highest BCUT2D eigenvalue weighted by Crippen LogP contribution is 2.44. The minimum atomic E-state index is -0.269. The SMILES string of the molecule is CCn1c(=O)n(CC)c2cc(NC(=O)COc3cccc([C@@H]4OC[C@@H](c5ccc(Cl)cc5)C[C@H]4C(C)C)c3)ccc21. The zero-order chi connectivity index (χ0) is 29.1. The standard InChI is InChI=1S/C33H38ClN3O4/c1-5-36-29-15-14-26(18-30(29)37(6-2)33(36)39)35-31(38)20-40-27-9-7-8-23(16-27)32-28(21(3)4)17-24(19-41-32)22-10-12-25(34)13-11-22/h7-16,18,21,24,28,32H,5-6,17,19-20H2,1-4H3,(H,35,38)/t24-,28-,32-/m0/s1. The molecule has 1 N–H and O–H groups in total. The molecule has 1 aliphatic rings. The highest BCUT2D eigenvalue weighted by Gasteiger charge is 2.35. The molecule has 3 atom stereocenters. The molecule has 3 aromatic carbocycles. The van der Waals surface area contributed by atoms with Crippen molar-refractivity contribution < 1.29 is 14.3 Å². The summed E-state index contributed by atoms with van der Waals surface area (Å²) in [5.41, 5.74) is 4.55. The van der Waals surface area contributed by atoms with Gasteiger partial charge in [-0.3, -0.25) is 13.9 Å². The van der Waals surface area contributed by atoms with E-state index in [1.807, 2.05) is 62.4 Å². The van der Waals surface area contributed by atoms with Gasteiger partial charge in [-0.1, -0.05) is 49.7 Å². The van der Waals surface area contributed by atoms with Crippen molar-refractivity contribution in [3.05, 3.63) is 93.4 Å². The van der Waals surface area contributed by atoms with Crippen LogP contribution in [0.5, 0.6) is 5.75 Å². The molecule has 1 amide bonds. The number of hydrogen-bond acceptors (Lipinski definition) is 4. The molecule has 1 aliphatic heterocycles. The highest BCUT2D eigenvalue weighted by atomic mass is 35.5. The van der Waals surface area contributed by atoms with Gasteiger partial charge >= 0.3 is 5.69 Å². The fourth-order valence-electron chi connectivity index (χ4n) is 5.93. The predicted octanol–water partition coefficient (Wildman–Crippen LogP) is 7.03. The number of anilines is 1. The van der Waals surface area contributed by atoms with E-state index in [9.17, 15) is 9.59 Å². The summed E-state index contributed by atoms with van der Waals surface area (Å²) in [5.74, 6) is 1.45. The van der Waals surface area contributed by atoms with Gasteiger partial charge in [0.15, 0.2) is 6.61 Å². The van der Waals surface area contributed by atoms with Crippen LogP contribution in [0.15, 0.2) is 71.5 Å². The highest BCUT2D eigenvalue weighted by molar-refractivity contribution is 6.30. The number of carbonyl (C=O) groups excluding carboxylic acids is 1. The minimum Gasteiger partial charge on any atom is -0.484 e. The molecule has 1 saturated heterocycles. The number of nitrogens with one attached hydrogen (secondary N) is 1. The molecule has 8 heteroatoms. The van der Waals surface area contributed by atoms with Crippen LogP contribution in [0.2, 0.25) is 5.02 Å². The number of benzene rings is 3. The van der Waals surface area contributed by atoms with Crippen molar-refractivity contribution in [2.45, 2.75) is 59.2 Å². The van der Waals surface area contributed by atoms with Gasteiger partial charge < -0.3 is 14.8 Å². The lowest BCUT2D eigenvalue weighted by Crippen LogP contribution is -2.31. The lowest BCUT2D eigenvalue weighted by molar-refractivity contribution is -0.118. The number of amides is 1. The number of aryl methyl sites for hydroxylation is 2. The van der Waals surface area contributed by atoms with Crippen LogP contribution >= 0.6 is 11.6 Å². The third kappa shape index (κ3) is 6.21. The first-order chi connectivity index (χ1) is 19.8. The van der Waals surface area contributed by atoms with Gasteiger partial charge in [-0.15, -0.1) is 0 Å². The van der Waals surface area contributed by atoms with Crippen molar-refractivity contribution in [2.24, 2.45) is 11.8 Å². The number of carbonyl (C=O) groups is 1. The predicted molar refractivity (Wildman–Crippen MR) is 164 cm³/mol. The zero-order valence-corrected chi connectivity index (χ0v) is 24.9. The van der Waals surface area contributed by atoms with E-state index in [0.29, 0.717) is 48.9 Å². The van der Waals surface area contributed by atoms with Gasteiger partial charge in [-0.05, 0) is 85.7 Å². The second-order valence-electron chi connectivity index (χ2n) is 11.0. The van der Waals surface area contributed by atoms with Crippen LogP contribution in [0, 0.1) is 11.8 Å². The van der Waals surface area contributed by atoms with Crippen molar-refractivity contribution in [1.29, 1.82) is 0 Å². The molecule has 0 unspecified atom stereocenters. The second-order valence-corrected chi connectivity index (χ2v) is 11.5. The summed E-state index contributed by atoms with van der Waals surface area (Å²) in [6.45, 7) is 10.0. The molecule has 0 saturated carbocycles. The summed E-state index contributed by atoms with van der Waals surface area (Å²) >= 11 is 6.10. The molecule has 216 valence electrons. The van der Waals surface area contributed by atoms with E-state index in [1.54, 1.807) is 9.13 Å². The number of rotatable bonds is 9. The Morgan fingerprint density at radius 3 is 2.44 bits per heavy atom. The maximum Gasteiger partial charge on any atom is 0.329 e. The average Bonchev–Trinajstić information content (AvgIpc) is 3.25. The first kappa shape index (κ1) is 29.0. The maximum absolute atomic E-state index is 12.8. The molecule has 2 heterocycles. The summed E-state index contributed by atoms with van der Waals surface area (Å²) in [6.07, 6.45) is 0.976. The average molecular weight is 576 g/mol. The van der Waals surface area contributed by atoms with Gasteiger partial charge in [0.25, 0.3) is 5.91 Å². The molecule has 1 aromatic heterocycles. The summed E-state index contributed by atoms with van der Waals surface area (Å²) < 4.78 is 15.8. The minimum absolute atomic E-state index is 0.0427. The van der Waals surface area contributed by atoms with Gasteiger partial charge in [0, 0.05) is 29.7 Å². The van der Waals surface area contributed by atoms with Gasteiger partial charge in [0.2, 0.25) is 0 Å². The van der Waals surface area contributed by atoms with Crippen LogP contribution in [0.1, 0.15) is 57.3 Å². The summed E-state index contributed by atoms with van der Waals surface area (Å²) in [6, 6.07) is 21.5. The fraction of sp³-hybridized carbons (Fsp3) is 0.394. The van der Waals surface area contributed by atoms with Crippen molar-refractivity contribution >= 4 is 34.2 Å². The van der Waals surface area contributed by atoms with Crippen LogP contribution in [0.25, 0.3) is 11.0 Å². The smallest absolute Gasteiger partial charge is 0.329 e. The normalized spacial score (nSPS) is 19.0. The van der Waals surface area contributed by atoms with Crippen LogP contribution < -0.4 is 15.7 Å². The Kier molecular flexibility index (Phi) is 8.85. The molecular weight excluding hydrogens is 538 g/mol. The summed E-state index contributed by atoms with van der Waals surface area (Å²) in [7, 11) is 0. The van der Waals surface area contributed by atoms with Gasteiger partial charge in [-0.25, -0.2) is 4.79 Å². The molecule has 0 aliphatic carbocycles. The Balaban J connectivity index is 1.24. The molecule has 41 heavy (non-hydrogen) atoms. The Hall–Kier alpha value is -3.55. The van der Waals surface area contributed by atoms with Gasteiger partial charge in [-0.2, -0.15) is 0 Å².